The first-order valence-electron chi connectivity index (χ1n) is 12.4. The summed E-state index contributed by atoms with van der Waals surface area (Å²) >= 11 is 0. The van der Waals surface area contributed by atoms with E-state index in [1.807, 2.05) is 41.3 Å². The van der Waals surface area contributed by atoms with Gasteiger partial charge in [-0.15, -0.1) is 12.4 Å². The molecule has 5 rings (SSSR count). The lowest BCUT2D eigenvalue weighted by atomic mass is 9.97. The highest BCUT2D eigenvalue weighted by Crippen LogP contribution is 2.41. The number of rotatable bonds is 7. The van der Waals surface area contributed by atoms with Gasteiger partial charge in [-0.05, 0) is 29.7 Å². The Labute approximate surface area is 226 Å². The molecular weight excluding hydrogens is 516 g/mol. The van der Waals surface area contributed by atoms with Crippen LogP contribution in [0.15, 0.2) is 48.5 Å². The second-order valence-electron chi connectivity index (χ2n) is 9.31. The van der Waals surface area contributed by atoms with Crippen molar-refractivity contribution in [3.63, 3.8) is 0 Å². The standard InChI is InChI=1S/C27H31F2N5O3.ClH/c1-36-23-8-7-19(14-24(23)37-2)20-15-22(27(28)29)34-25(31-20)16-21(32-34)18-5-3-17(4-6-18)13-26(35)33-11-9-30-10-12-33;/h3-8,14,16,20,22,27,30-31H,9-13,15H2,1-2H3;1H. The van der Waals surface area contributed by atoms with Crippen LogP contribution < -0.4 is 20.1 Å². The van der Waals surface area contributed by atoms with Gasteiger partial charge in [0.25, 0.3) is 6.43 Å². The summed E-state index contributed by atoms with van der Waals surface area (Å²) in [4.78, 5) is 14.4. The second kappa shape index (κ2) is 12.0. The zero-order valence-corrected chi connectivity index (χ0v) is 22.1. The number of benzene rings is 2. The van der Waals surface area contributed by atoms with E-state index in [9.17, 15) is 13.6 Å². The highest BCUT2D eigenvalue weighted by molar-refractivity contribution is 5.85. The van der Waals surface area contributed by atoms with Crippen molar-refractivity contribution in [1.82, 2.24) is 20.0 Å². The van der Waals surface area contributed by atoms with Crippen molar-refractivity contribution < 1.29 is 23.0 Å². The fourth-order valence-electron chi connectivity index (χ4n) is 4.97. The average molecular weight is 548 g/mol. The van der Waals surface area contributed by atoms with E-state index >= 15 is 0 Å². The number of nitrogens with zero attached hydrogens (tertiary/aromatic N) is 3. The molecule has 0 radical (unpaired) electrons. The minimum atomic E-state index is -2.57. The third kappa shape index (κ3) is 5.71. The van der Waals surface area contributed by atoms with Crippen molar-refractivity contribution in [3.05, 3.63) is 59.7 Å². The Hall–Kier alpha value is -3.37. The highest BCUT2D eigenvalue weighted by Gasteiger charge is 2.35. The maximum Gasteiger partial charge on any atom is 0.260 e. The van der Waals surface area contributed by atoms with E-state index in [0.717, 1.165) is 42.9 Å². The van der Waals surface area contributed by atoms with Crippen LogP contribution in [0.4, 0.5) is 14.6 Å². The molecule has 2 atom stereocenters. The molecule has 8 nitrogen and oxygen atoms in total. The molecule has 1 fully saturated rings. The number of carbonyl (C=O) groups is 1. The monoisotopic (exact) mass is 547 g/mol. The number of hydrogen-bond donors (Lipinski definition) is 2. The van der Waals surface area contributed by atoms with Crippen molar-refractivity contribution in [2.24, 2.45) is 0 Å². The molecule has 2 aromatic carbocycles. The first-order chi connectivity index (χ1) is 18.0. The summed E-state index contributed by atoms with van der Waals surface area (Å²) in [7, 11) is 3.10. The first-order valence-corrected chi connectivity index (χ1v) is 12.4. The highest BCUT2D eigenvalue weighted by atomic mass is 35.5. The van der Waals surface area contributed by atoms with Gasteiger partial charge in [-0.3, -0.25) is 4.79 Å². The number of fused-ring (bicyclic) bond motifs is 1. The summed E-state index contributed by atoms with van der Waals surface area (Å²) in [6.07, 6.45) is -2.06. The molecule has 2 unspecified atom stereocenters. The van der Waals surface area contributed by atoms with Crippen LogP contribution in [0.2, 0.25) is 0 Å². The lowest BCUT2D eigenvalue weighted by Crippen LogP contribution is -2.46. The van der Waals surface area contributed by atoms with E-state index in [4.69, 9.17) is 9.47 Å². The SMILES string of the molecule is COc1ccc(C2CC(C(F)F)n3nc(-c4ccc(CC(=O)N5CCNCC5)cc4)cc3N2)cc1OC.Cl. The summed E-state index contributed by atoms with van der Waals surface area (Å²) in [6, 6.07) is 13.4. The van der Waals surface area contributed by atoms with Gasteiger partial charge < -0.3 is 25.0 Å². The van der Waals surface area contributed by atoms with E-state index in [-0.39, 0.29) is 30.8 Å². The molecule has 2 aliphatic rings. The number of hydrogen-bond acceptors (Lipinski definition) is 6. The number of nitrogens with one attached hydrogen (secondary N) is 2. The number of ether oxygens (including phenoxy) is 2. The zero-order chi connectivity index (χ0) is 25.9. The van der Waals surface area contributed by atoms with Gasteiger partial charge in [0, 0.05) is 37.8 Å². The molecule has 11 heteroatoms. The van der Waals surface area contributed by atoms with Crippen LogP contribution in [0.25, 0.3) is 11.3 Å². The van der Waals surface area contributed by atoms with Crippen molar-refractivity contribution in [3.8, 4) is 22.8 Å². The van der Waals surface area contributed by atoms with Gasteiger partial charge in [-0.25, -0.2) is 13.5 Å². The minimum absolute atomic E-state index is 0. The molecule has 3 aromatic rings. The van der Waals surface area contributed by atoms with Crippen LogP contribution in [0.3, 0.4) is 0 Å². The van der Waals surface area contributed by atoms with Gasteiger partial charge in [0.2, 0.25) is 5.91 Å². The average Bonchev–Trinajstić information content (AvgIpc) is 3.37. The Balaban J connectivity index is 0.00000336. The maximum absolute atomic E-state index is 14.1. The summed E-state index contributed by atoms with van der Waals surface area (Å²) in [5, 5.41) is 11.1. The fraction of sp³-hybridized carbons (Fsp3) is 0.407. The number of halogens is 3. The van der Waals surface area contributed by atoms with Gasteiger partial charge in [-0.2, -0.15) is 5.10 Å². The van der Waals surface area contributed by atoms with Gasteiger partial charge >= 0.3 is 0 Å². The molecule has 2 aliphatic heterocycles. The van der Waals surface area contributed by atoms with Crippen LogP contribution in [0.5, 0.6) is 11.5 Å². The molecular formula is C27H32ClF2N5O3. The van der Waals surface area contributed by atoms with Crippen LogP contribution in [0, 0.1) is 0 Å². The molecule has 1 amide bonds. The Morgan fingerprint density at radius 2 is 1.76 bits per heavy atom. The number of anilines is 1. The number of methoxy groups -OCH3 is 2. The molecule has 1 aromatic heterocycles. The molecule has 0 spiro atoms. The van der Waals surface area contributed by atoms with E-state index in [1.165, 1.54) is 4.68 Å². The molecule has 204 valence electrons. The van der Waals surface area contributed by atoms with Crippen LogP contribution in [0.1, 0.15) is 29.6 Å². The first kappa shape index (κ1) is 27.7. The van der Waals surface area contributed by atoms with Gasteiger partial charge in [-0.1, -0.05) is 30.3 Å². The molecule has 0 aliphatic carbocycles. The van der Waals surface area contributed by atoms with Crippen LogP contribution in [-0.4, -0.2) is 67.4 Å². The number of piperazine rings is 1. The minimum Gasteiger partial charge on any atom is -0.493 e. The van der Waals surface area contributed by atoms with Gasteiger partial charge in [0.1, 0.15) is 11.9 Å². The molecule has 3 heterocycles. The van der Waals surface area contributed by atoms with Crippen molar-refractivity contribution in [1.29, 1.82) is 0 Å². The quantitative estimate of drug-likeness (QED) is 0.458. The Kier molecular flexibility index (Phi) is 8.73. The fourth-order valence-corrected chi connectivity index (χ4v) is 4.97. The molecule has 1 saturated heterocycles. The number of amides is 1. The maximum atomic E-state index is 14.1. The van der Waals surface area contributed by atoms with Crippen LogP contribution >= 0.6 is 12.4 Å². The summed E-state index contributed by atoms with van der Waals surface area (Å²) in [5.74, 6) is 1.77. The van der Waals surface area contributed by atoms with Gasteiger partial charge in [0.15, 0.2) is 11.5 Å². The number of aromatic nitrogens is 2. The molecule has 38 heavy (non-hydrogen) atoms. The Morgan fingerprint density at radius 1 is 1.05 bits per heavy atom. The summed E-state index contributed by atoms with van der Waals surface area (Å²) < 4.78 is 40.3. The van der Waals surface area contributed by atoms with E-state index in [1.54, 1.807) is 26.4 Å². The Bertz CT molecular complexity index is 1250. The number of alkyl halides is 2. The normalized spacial score (nSPS) is 18.8. The van der Waals surface area contributed by atoms with E-state index in [0.29, 0.717) is 29.4 Å². The predicted molar refractivity (Wildman–Crippen MR) is 144 cm³/mol. The largest absolute Gasteiger partial charge is 0.493 e. The van der Waals surface area contributed by atoms with Crippen LogP contribution in [-0.2, 0) is 11.2 Å². The lowest BCUT2D eigenvalue weighted by molar-refractivity contribution is -0.131. The topological polar surface area (TPSA) is 80.7 Å². The van der Waals surface area contributed by atoms with Gasteiger partial charge in [0.05, 0.1) is 32.4 Å². The van der Waals surface area contributed by atoms with Crippen molar-refractivity contribution in [2.75, 3.05) is 45.7 Å². The third-order valence-electron chi connectivity index (χ3n) is 7.02. The molecule has 2 N–H and O–H groups in total. The summed E-state index contributed by atoms with van der Waals surface area (Å²) in [5.41, 5.74) is 3.14. The molecule has 0 saturated carbocycles. The van der Waals surface area contributed by atoms with Crippen molar-refractivity contribution in [2.45, 2.75) is 31.4 Å². The smallest absolute Gasteiger partial charge is 0.260 e. The van der Waals surface area contributed by atoms with Crippen molar-refractivity contribution >= 4 is 24.1 Å². The summed E-state index contributed by atoms with van der Waals surface area (Å²) in [6.45, 7) is 3.08. The zero-order valence-electron chi connectivity index (χ0n) is 21.3. The predicted octanol–water partition coefficient (Wildman–Crippen LogP) is 4.33. The third-order valence-corrected chi connectivity index (χ3v) is 7.02. The number of carbonyl (C=O) groups excluding carboxylic acids is 1. The van der Waals surface area contributed by atoms with E-state index in [2.05, 4.69) is 15.7 Å². The second-order valence-corrected chi connectivity index (χ2v) is 9.31. The van der Waals surface area contributed by atoms with E-state index < -0.39 is 12.5 Å². The molecule has 0 bridgehead atoms. The Morgan fingerprint density at radius 3 is 2.42 bits per heavy atom. The lowest BCUT2D eigenvalue weighted by Gasteiger charge is -2.32.